The number of nitrogens with two attached hydrogens (primary N) is 1. The van der Waals surface area contributed by atoms with E-state index >= 15 is 0 Å². The Labute approximate surface area is 119 Å². The smallest absolute Gasteiger partial charge is 0.0629 e. The molecule has 2 rings (SSSR count). The zero-order valence-corrected chi connectivity index (χ0v) is 12.8. The summed E-state index contributed by atoms with van der Waals surface area (Å²) in [5.74, 6) is 0. The van der Waals surface area contributed by atoms with Gasteiger partial charge in [0.2, 0.25) is 0 Å². The number of hydrogen-bond donors (Lipinski definition) is 1. The molecule has 0 spiro atoms. The van der Waals surface area contributed by atoms with Crippen LogP contribution in [0.25, 0.3) is 0 Å². The van der Waals surface area contributed by atoms with E-state index in [0.717, 1.165) is 31.5 Å². The fourth-order valence-corrected chi connectivity index (χ4v) is 3.02. The van der Waals surface area contributed by atoms with Crippen LogP contribution in [-0.2, 0) is 19.4 Å². The Balaban J connectivity index is 2.07. The number of rotatable bonds is 6. The Kier molecular flexibility index (Phi) is 4.77. The third-order valence-electron chi connectivity index (χ3n) is 3.67. The molecular formula is C15H23N3S. The van der Waals surface area contributed by atoms with Gasteiger partial charge in [-0.2, -0.15) is 5.10 Å². The minimum Gasteiger partial charge on any atom is -0.327 e. The molecule has 2 aromatic heterocycles. The van der Waals surface area contributed by atoms with Crippen LogP contribution in [0.5, 0.6) is 0 Å². The molecule has 104 valence electrons. The van der Waals surface area contributed by atoms with E-state index < -0.39 is 0 Å². The molecular weight excluding hydrogens is 254 g/mol. The molecule has 4 heteroatoms. The maximum absolute atomic E-state index is 6.07. The molecule has 0 radical (unpaired) electrons. The van der Waals surface area contributed by atoms with Crippen molar-refractivity contribution in [2.45, 2.75) is 52.6 Å². The molecule has 3 nitrogen and oxygen atoms in total. The third-order valence-corrected chi connectivity index (χ3v) is 4.61. The van der Waals surface area contributed by atoms with Gasteiger partial charge in [-0.1, -0.05) is 13.0 Å². The zero-order chi connectivity index (χ0) is 13.8. The maximum atomic E-state index is 6.07. The van der Waals surface area contributed by atoms with E-state index in [1.807, 2.05) is 11.3 Å². The van der Waals surface area contributed by atoms with Crippen molar-refractivity contribution in [3.05, 3.63) is 39.3 Å². The number of aryl methyl sites for hydroxylation is 3. The topological polar surface area (TPSA) is 43.8 Å². The third kappa shape index (κ3) is 3.45. The molecule has 0 amide bonds. The standard InChI is InChI=1S/C15H23N3S/c1-4-13(16)10-15-11(2)17-18(12(15)3)8-7-14-6-5-9-19-14/h5-6,9,13H,4,7-8,10,16H2,1-3H3. The van der Waals surface area contributed by atoms with Crippen LogP contribution >= 0.6 is 11.3 Å². The van der Waals surface area contributed by atoms with E-state index in [-0.39, 0.29) is 6.04 Å². The van der Waals surface area contributed by atoms with Gasteiger partial charge >= 0.3 is 0 Å². The van der Waals surface area contributed by atoms with Gasteiger partial charge in [0.15, 0.2) is 0 Å². The first-order valence-electron chi connectivity index (χ1n) is 6.92. The summed E-state index contributed by atoms with van der Waals surface area (Å²) in [6.07, 6.45) is 3.01. The van der Waals surface area contributed by atoms with Crippen molar-refractivity contribution in [1.82, 2.24) is 9.78 Å². The monoisotopic (exact) mass is 277 g/mol. The predicted octanol–water partition coefficient (Wildman–Crippen LogP) is 3.08. The highest BCUT2D eigenvalue weighted by Gasteiger charge is 2.13. The lowest BCUT2D eigenvalue weighted by Crippen LogP contribution is -2.22. The van der Waals surface area contributed by atoms with Gasteiger partial charge in [-0.15, -0.1) is 11.3 Å². The Morgan fingerprint density at radius 1 is 1.42 bits per heavy atom. The molecule has 0 saturated carbocycles. The average molecular weight is 277 g/mol. The molecule has 2 N–H and O–H groups in total. The van der Waals surface area contributed by atoms with Gasteiger partial charge < -0.3 is 5.73 Å². The molecule has 0 fully saturated rings. The lowest BCUT2D eigenvalue weighted by atomic mass is 10.0. The Bertz CT molecular complexity index is 514. The Morgan fingerprint density at radius 2 is 2.21 bits per heavy atom. The first-order valence-corrected chi connectivity index (χ1v) is 7.80. The summed E-state index contributed by atoms with van der Waals surface area (Å²) in [5.41, 5.74) is 9.81. The molecule has 2 heterocycles. The lowest BCUT2D eigenvalue weighted by Gasteiger charge is -2.09. The molecule has 0 bridgehead atoms. The fraction of sp³-hybridized carbons (Fsp3) is 0.533. The van der Waals surface area contributed by atoms with Gasteiger partial charge in [0.05, 0.1) is 5.69 Å². The molecule has 2 aromatic rings. The molecule has 0 aliphatic carbocycles. The van der Waals surface area contributed by atoms with Gasteiger partial charge in [-0.25, -0.2) is 0 Å². The quantitative estimate of drug-likeness (QED) is 0.882. The van der Waals surface area contributed by atoms with E-state index in [1.54, 1.807) is 0 Å². The molecule has 1 unspecified atom stereocenters. The number of aromatic nitrogens is 2. The van der Waals surface area contributed by atoms with Crippen LogP contribution < -0.4 is 5.73 Å². The van der Waals surface area contributed by atoms with Gasteiger partial charge in [0.1, 0.15) is 0 Å². The van der Waals surface area contributed by atoms with Crippen molar-refractivity contribution in [2.24, 2.45) is 5.73 Å². The minimum absolute atomic E-state index is 0.243. The van der Waals surface area contributed by atoms with E-state index in [2.05, 4.69) is 48.1 Å². The fourth-order valence-electron chi connectivity index (χ4n) is 2.32. The van der Waals surface area contributed by atoms with E-state index in [4.69, 9.17) is 5.73 Å². The highest BCUT2D eigenvalue weighted by Crippen LogP contribution is 2.17. The average Bonchev–Trinajstić information content (AvgIpc) is 2.99. The Hall–Kier alpha value is -1.13. The molecule has 0 aromatic carbocycles. The number of hydrogen-bond acceptors (Lipinski definition) is 3. The highest BCUT2D eigenvalue weighted by atomic mass is 32.1. The second-order valence-corrected chi connectivity index (χ2v) is 6.11. The summed E-state index contributed by atoms with van der Waals surface area (Å²) < 4.78 is 2.13. The molecule has 19 heavy (non-hydrogen) atoms. The summed E-state index contributed by atoms with van der Waals surface area (Å²) in [6.45, 7) is 7.34. The minimum atomic E-state index is 0.243. The second kappa shape index (κ2) is 6.35. The van der Waals surface area contributed by atoms with Crippen LogP contribution in [0.15, 0.2) is 17.5 Å². The summed E-state index contributed by atoms with van der Waals surface area (Å²) in [5, 5.41) is 6.79. The van der Waals surface area contributed by atoms with Crippen LogP contribution in [0.1, 0.15) is 35.2 Å². The number of nitrogens with zero attached hydrogens (tertiary/aromatic N) is 2. The van der Waals surface area contributed by atoms with Crippen LogP contribution in [-0.4, -0.2) is 15.8 Å². The SMILES string of the molecule is CCC(N)Cc1c(C)nn(CCc2cccs2)c1C. The summed E-state index contributed by atoms with van der Waals surface area (Å²) >= 11 is 1.81. The second-order valence-electron chi connectivity index (χ2n) is 5.07. The van der Waals surface area contributed by atoms with E-state index in [1.165, 1.54) is 16.1 Å². The van der Waals surface area contributed by atoms with Crippen LogP contribution in [0.4, 0.5) is 0 Å². The maximum Gasteiger partial charge on any atom is 0.0629 e. The van der Waals surface area contributed by atoms with Crippen molar-refractivity contribution in [1.29, 1.82) is 0 Å². The van der Waals surface area contributed by atoms with E-state index in [9.17, 15) is 0 Å². The van der Waals surface area contributed by atoms with Crippen molar-refractivity contribution >= 4 is 11.3 Å². The highest BCUT2D eigenvalue weighted by molar-refractivity contribution is 7.09. The van der Waals surface area contributed by atoms with Crippen molar-refractivity contribution in [2.75, 3.05) is 0 Å². The van der Waals surface area contributed by atoms with Crippen LogP contribution in [0, 0.1) is 13.8 Å². The van der Waals surface area contributed by atoms with Gasteiger partial charge in [0, 0.05) is 29.6 Å². The van der Waals surface area contributed by atoms with Crippen molar-refractivity contribution < 1.29 is 0 Å². The van der Waals surface area contributed by atoms with Crippen LogP contribution in [0.2, 0.25) is 0 Å². The zero-order valence-electron chi connectivity index (χ0n) is 12.0. The molecule has 0 aliphatic heterocycles. The van der Waals surface area contributed by atoms with Gasteiger partial charge in [-0.05, 0) is 43.7 Å². The Morgan fingerprint density at radius 3 is 2.84 bits per heavy atom. The molecule has 0 aliphatic rings. The lowest BCUT2D eigenvalue weighted by molar-refractivity contribution is 0.594. The first kappa shape index (κ1) is 14.3. The molecule has 1 atom stereocenters. The molecule has 0 saturated heterocycles. The summed E-state index contributed by atoms with van der Waals surface area (Å²) in [6, 6.07) is 4.53. The predicted molar refractivity (Wildman–Crippen MR) is 81.7 cm³/mol. The van der Waals surface area contributed by atoms with Gasteiger partial charge in [0.25, 0.3) is 0 Å². The van der Waals surface area contributed by atoms with Gasteiger partial charge in [-0.3, -0.25) is 4.68 Å². The van der Waals surface area contributed by atoms with Crippen molar-refractivity contribution in [3.63, 3.8) is 0 Å². The van der Waals surface area contributed by atoms with Crippen molar-refractivity contribution in [3.8, 4) is 0 Å². The first-order chi connectivity index (χ1) is 9.11. The number of thiophene rings is 1. The summed E-state index contributed by atoms with van der Waals surface area (Å²) in [7, 11) is 0. The van der Waals surface area contributed by atoms with E-state index in [0.29, 0.717) is 0 Å². The normalized spacial score (nSPS) is 12.8. The van der Waals surface area contributed by atoms with Crippen LogP contribution in [0.3, 0.4) is 0 Å². The summed E-state index contributed by atoms with van der Waals surface area (Å²) in [4.78, 5) is 1.42. The largest absolute Gasteiger partial charge is 0.327 e.